The molecule has 2 N–H and O–H groups in total. The maximum Gasteiger partial charge on any atom is 0.264 e. The van der Waals surface area contributed by atoms with Gasteiger partial charge in [-0.25, -0.2) is 0 Å². The van der Waals surface area contributed by atoms with Gasteiger partial charge >= 0.3 is 0 Å². The minimum Gasteiger partial charge on any atom is -0.493 e. The van der Waals surface area contributed by atoms with E-state index in [2.05, 4.69) is 26.1 Å². The van der Waals surface area contributed by atoms with Gasteiger partial charge in [0.05, 0.1) is 17.1 Å². The first-order valence-corrected chi connectivity index (χ1v) is 6.78. The molecule has 0 radical (unpaired) electrons. The van der Waals surface area contributed by atoms with Gasteiger partial charge < -0.3 is 19.7 Å². The van der Waals surface area contributed by atoms with Gasteiger partial charge in [-0.2, -0.15) is 4.98 Å². The zero-order valence-corrected chi connectivity index (χ0v) is 13.1. The Bertz CT molecular complexity index is 593. The lowest BCUT2D eigenvalue weighted by molar-refractivity contribution is 0.231. The van der Waals surface area contributed by atoms with Crippen LogP contribution in [0, 0.1) is 0 Å². The zero-order chi connectivity index (χ0) is 14.8. The summed E-state index contributed by atoms with van der Waals surface area (Å²) < 4.78 is 16.8. The standard InChI is InChI=1S/C13H16BrN3O3/c1-13(2,15)12-16-10(20-17-12)7-19-11-8(14)5-4-6-9(11)18-3/h4-6H,7,15H2,1-3H3. The molecule has 6 nitrogen and oxygen atoms in total. The number of nitrogens with zero attached hydrogens (tertiary/aromatic N) is 2. The van der Waals surface area contributed by atoms with Gasteiger partial charge in [-0.3, -0.25) is 0 Å². The number of nitrogens with two attached hydrogens (primary N) is 1. The lowest BCUT2D eigenvalue weighted by Crippen LogP contribution is -2.30. The van der Waals surface area contributed by atoms with Crippen LogP contribution in [0.4, 0.5) is 0 Å². The SMILES string of the molecule is COc1cccc(Br)c1OCc1nc(C(C)(C)N)no1. The van der Waals surface area contributed by atoms with Gasteiger partial charge in [-0.05, 0) is 41.9 Å². The average molecular weight is 342 g/mol. The smallest absolute Gasteiger partial charge is 0.264 e. The summed E-state index contributed by atoms with van der Waals surface area (Å²) in [6.45, 7) is 3.75. The van der Waals surface area contributed by atoms with E-state index in [1.165, 1.54) is 0 Å². The summed E-state index contributed by atoms with van der Waals surface area (Å²) in [5, 5.41) is 3.83. The molecule has 0 saturated heterocycles. The summed E-state index contributed by atoms with van der Waals surface area (Å²) in [5.41, 5.74) is 5.25. The average Bonchev–Trinajstić information content (AvgIpc) is 2.85. The van der Waals surface area contributed by atoms with Crippen LogP contribution in [0.25, 0.3) is 0 Å². The van der Waals surface area contributed by atoms with E-state index in [0.717, 1.165) is 4.47 Å². The maximum absolute atomic E-state index is 5.89. The molecule has 2 rings (SSSR count). The fourth-order valence-corrected chi connectivity index (χ4v) is 1.96. The minimum atomic E-state index is -0.646. The van der Waals surface area contributed by atoms with Crippen LogP contribution in [0.2, 0.25) is 0 Å². The quantitative estimate of drug-likeness (QED) is 0.899. The Morgan fingerprint density at radius 1 is 1.40 bits per heavy atom. The molecule has 0 spiro atoms. The summed E-state index contributed by atoms with van der Waals surface area (Å²) in [6, 6.07) is 5.53. The molecular weight excluding hydrogens is 326 g/mol. The molecule has 1 aromatic heterocycles. The molecule has 1 aromatic carbocycles. The molecule has 2 aromatic rings. The van der Waals surface area contributed by atoms with Crippen molar-refractivity contribution in [3.63, 3.8) is 0 Å². The van der Waals surface area contributed by atoms with Gasteiger partial charge in [0.15, 0.2) is 23.9 Å². The van der Waals surface area contributed by atoms with Crippen LogP contribution in [0.1, 0.15) is 25.6 Å². The third-order valence-corrected chi connectivity index (χ3v) is 3.16. The molecule has 0 aliphatic carbocycles. The van der Waals surface area contributed by atoms with E-state index in [4.69, 9.17) is 19.7 Å². The van der Waals surface area contributed by atoms with Crippen molar-refractivity contribution in [2.45, 2.75) is 26.0 Å². The third kappa shape index (κ3) is 3.29. The van der Waals surface area contributed by atoms with Crippen LogP contribution in [0.5, 0.6) is 11.5 Å². The van der Waals surface area contributed by atoms with Gasteiger partial charge in [-0.15, -0.1) is 0 Å². The molecule has 0 aliphatic heterocycles. The summed E-state index contributed by atoms with van der Waals surface area (Å²) in [5.74, 6) is 2.01. The topological polar surface area (TPSA) is 83.4 Å². The Morgan fingerprint density at radius 3 is 2.75 bits per heavy atom. The third-order valence-electron chi connectivity index (χ3n) is 2.54. The van der Waals surface area contributed by atoms with Crippen molar-refractivity contribution >= 4 is 15.9 Å². The van der Waals surface area contributed by atoms with Crippen molar-refractivity contribution in [1.29, 1.82) is 0 Å². The van der Waals surface area contributed by atoms with E-state index < -0.39 is 5.54 Å². The van der Waals surface area contributed by atoms with Crippen LogP contribution < -0.4 is 15.2 Å². The molecule has 7 heteroatoms. The predicted molar refractivity (Wildman–Crippen MR) is 76.5 cm³/mol. The van der Waals surface area contributed by atoms with Gasteiger partial charge in [0.25, 0.3) is 5.89 Å². The zero-order valence-electron chi connectivity index (χ0n) is 11.5. The molecule has 0 saturated carbocycles. The second-order valence-corrected chi connectivity index (χ2v) is 5.65. The van der Waals surface area contributed by atoms with Gasteiger partial charge in [0.1, 0.15) is 0 Å². The molecule has 0 bridgehead atoms. The van der Waals surface area contributed by atoms with Gasteiger partial charge in [0.2, 0.25) is 0 Å². The first-order valence-electron chi connectivity index (χ1n) is 5.99. The van der Waals surface area contributed by atoms with Crippen molar-refractivity contribution < 1.29 is 14.0 Å². The maximum atomic E-state index is 5.89. The second-order valence-electron chi connectivity index (χ2n) is 4.79. The molecule has 108 valence electrons. The van der Waals surface area contributed by atoms with Crippen molar-refractivity contribution in [3.05, 3.63) is 34.4 Å². The van der Waals surface area contributed by atoms with Crippen molar-refractivity contribution in [2.75, 3.05) is 7.11 Å². The van der Waals surface area contributed by atoms with E-state index in [1.54, 1.807) is 21.0 Å². The van der Waals surface area contributed by atoms with Gasteiger partial charge in [-0.1, -0.05) is 11.2 Å². The second kappa shape index (κ2) is 5.80. The highest BCUT2D eigenvalue weighted by Gasteiger charge is 2.22. The summed E-state index contributed by atoms with van der Waals surface area (Å²) in [4.78, 5) is 4.20. The first-order chi connectivity index (χ1) is 9.41. The monoisotopic (exact) mass is 341 g/mol. The van der Waals surface area contributed by atoms with Gasteiger partial charge in [0, 0.05) is 0 Å². The molecule has 0 amide bonds. The Morgan fingerprint density at radius 2 is 2.15 bits per heavy atom. The van der Waals surface area contributed by atoms with E-state index in [-0.39, 0.29) is 6.61 Å². The molecule has 0 fully saturated rings. The Hall–Kier alpha value is -1.60. The molecule has 0 atom stereocenters. The molecule has 1 heterocycles. The van der Waals surface area contributed by atoms with Crippen LogP contribution >= 0.6 is 15.9 Å². The lowest BCUT2D eigenvalue weighted by atomic mass is 10.1. The number of benzene rings is 1. The largest absolute Gasteiger partial charge is 0.493 e. The van der Waals surface area contributed by atoms with E-state index in [1.807, 2.05) is 18.2 Å². The molecular formula is C13H16BrN3O3. The fraction of sp³-hybridized carbons (Fsp3) is 0.385. The Labute approximate surface area is 125 Å². The number of methoxy groups -OCH3 is 1. The number of halogens is 1. The number of rotatable bonds is 5. The number of ether oxygens (including phenoxy) is 2. The molecule has 20 heavy (non-hydrogen) atoms. The molecule has 0 aliphatic rings. The normalized spacial score (nSPS) is 11.4. The van der Waals surface area contributed by atoms with Crippen LogP contribution in [-0.4, -0.2) is 17.3 Å². The number of hydrogen-bond acceptors (Lipinski definition) is 6. The minimum absolute atomic E-state index is 0.141. The summed E-state index contributed by atoms with van der Waals surface area (Å²) in [7, 11) is 1.58. The first kappa shape index (κ1) is 14.8. The predicted octanol–water partition coefficient (Wildman–Crippen LogP) is 2.61. The Kier molecular flexibility index (Phi) is 4.29. The van der Waals surface area contributed by atoms with Crippen molar-refractivity contribution in [2.24, 2.45) is 5.73 Å². The fourth-order valence-electron chi connectivity index (χ4n) is 1.50. The highest BCUT2D eigenvalue weighted by molar-refractivity contribution is 9.10. The van der Waals surface area contributed by atoms with Crippen molar-refractivity contribution in [1.82, 2.24) is 10.1 Å². The van der Waals surface area contributed by atoms with E-state index in [0.29, 0.717) is 23.2 Å². The van der Waals surface area contributed by atoms with Crippen LogP contribution in [0.3, 0.4) is 0 Å². The van der Waals surface area contributed by atoms with Crippen LogP contribution in [0.15, 0.2) is 27.2 Å². The number of para-hydroxylation sites is 1. The summed E-state index contributed by atoms with van der Waals surface area (Å²) in [6.07, 6.45) is 0. The molecule has 0 unspecified atom stereocenters. The lowest BCUT2D eigenvalue weighted by Gasteiger charge is -2.11. The Balaban J connectivity index is 2.11. The van der Waals surface area contributed by atoms with E-state index in [9.17, 15) is 0 Å². The number of hydrogen-bond donors (Lipinski definition) is 1. The van der Waals surface area contributed by atoms with Crippen LogP contribution in [-0.2, 0) is 12.1 Å². The van der Waals surface area contributed by atoms with Crippen molar-refractivity contribution in [3.8, 4) is 11.5 Å². The highest BCUT2D eigenvalue weighted by atomic mass is 79.9. The highest BCUT2D eigenvalue weighted by Crippen LogP contribution is 2.35. The van der Waals surface area contributed by atoms with E-state index >= 15 is 0 Å². The summed E-state index contributed by atoms with van der Waals surface area (Å²) >= 11 is 3.41. The number of aromatic nitrogens is 2.